The lowest BCUT2D eigenvalue weighted by molar-refractivity contribution is -0.142. The summed E-state index contributed by atoms with van der Waals surface area (Å²) in [6.45, 7) is 6.36. The molecular weight excluding hydrogens is 454 g/mol. The largest absolute Gasteiger partial charge is 0.469 e. The number of esters is 1. The van der Waals surface area contributed by atoms with Crippen LogP contribution < -0.4 is 10.5 Å². The molecule has 0 aliphatic carbocycles. The Kier molecular flexibility index (Phi) is 13.7. The summed E-state index contributed by atoms with van der Waals surface area (Å²) < 4.78 is 15.6. The van der Waals surface area contributed by atoms with Gasteiger partial charge in [-0.1, -0.05) is 67.9 Å². The van der Waals surface area contributed by atoms with Crippen molar-refractivity contribution >= 4 is 23.5 Å². The molecule has 6 nitrogen and oxygen atoms in total. The van der Waals surface area contributed by atoms with E-state index in [1.807, 2.05) is 51.1 Å². The molecule has 0 heterocycles. The van der Waals surface area contributed by atoms with E-state index in [4.69, 9.17) is 26.8 Å². The summed E-state index contributed by atoms with van der Waals surface area (Å²) in [6, 6.07) is 23.6. The molecule has 3 aromatic rings. The van der Waals surface area contributed by atoms with Crippen molar-refractivity contribution in [3.63, 3.8) is 0 Å². The zero-order valence-electron chi connectivity index (χ0n) is 20.0. The molecule has 3 aromatic carbocycles. The number of para-hydroxylation sites is 1. The lowest BCUT2D eigenvalue weighted by Crippen LogP contribution is -2.11. The van der Waals surface area contributed by atoms with Crippen LogP contribution in [0.2, 0.25) is 5.02 Å². The second-order valence-corrected chi connectivity index (χ2v) is 7.10. The third-order valence-electron chi connectivity index (χ3n) is 4.36. The first-order valence-electron chi connectivity index (χ1n) is 11.0. The molecule has 3 rings (SSSR count). The monoisotopic (exact) mass is 485 g/mol. The minimum absolute atomic E-state index is 0.0101. The number of primary amides is 1. The van der Waals surface area contributed by atoms with Crippen molar-refractivity contribution in [1.29, 1.82) is 0 Å². The van der Waals surface area contributed by atoms with Crippen molar-refractivity contribution in [3.8, 4) is 11.5 Å². The van der Waals surface area contributed by atoms with E-state index in [1.54, 1.807) is 48.5 Å². The summed E-state index contributed by atoms with van der Waals surface area (Å²) in [5.41, 5.74) is 6.72. The van der Waals surface area contributed by atoms with E-state index < -0.39 is 5.91 Å². The molecule has 34 heavy (non-hydrogen) atoms. The zero-order chi connectivity index (χ0) is 25.3. The van der Waals surface area contributed by atoms with Gasteiger partial charge in [0.25, 0.3) is 5.91 Å². The van der Waals surface area contributed by atoms with Gasteiger partial charge < -0.3 is 19.9 Å². The first-order valence-corrected chi connectivity index (χ1v) is 11.3. The maximum Gasteiger partial charge on any atom is 0.307 e. The topological polar surface area (TPSA) is 87.9 Å². The molecular formula is C27H32ClNO5. The molecule has 0 aromatic heterocycles. The number of benzene rings is 3. The van der Waals surface area contributed by atoms with Crippen LogP contribution in [0.3, 0.4) is 0 Å². The van der Waals surface area contributed by atoms with E-state index in [-0.39, 0.29) is 12.1 Å². The van der Waals surface area contributed by atoms with Crippen LogP contribution in [0.4, 0.5) is 0 Å². The van der Waals surface area contributed by atoms with Gasteiger partial charge in [0, 0.05) is 5.02 Å². The highest BCUT2D eigenvalue weighted by Gasteiger charge is 2.09. The Hall–Kier alpha value is -3.35. The van der Waals surface area contributed by atoms with Gasteiger partial charge in [0.1, 0.15) is 11.5 Å². The van der Waals surface area contributed by atoms with Crippen LogP contribution in [-0.4, -0.2) is 25.6 Å². The van der Waals surface area contributed by atoms with Crippen LogP contribution in [0.1, 0.15) is 49.2 Å². The Morgan fingerprint density at radius 2 is 1.50 bits per heavy atom. The van der Waals surface area contributed by atoms with Crippen LogP contribution in [0.25, 0.3) is 0 Å². The van der Waals surface area contributed by atoms with Crippen molar-refractivity contribution < 1.29 is 23.8 Å². The summed E-state index contributed by atoms with van der Waals surface area (Å²) in [5.74, 6) is 0.273. The predicted octanol–water partition coefficient (Wildman–Crippen LogP) is 6.58. The highest BCUT2D eigenvalue weighted by Crippen LogP contribution is 2.26. The minimum atomic E-state index is -0.519. The molecule has 0 saturated carbocycles. The fourth-order valence-electron chi connectivity index (χ4n) is 2.63. The van der Waals surface area contributed by atoms with E-state index in [2.05, 4.69) is 4.74 Å². The lowest BCUT2D eigenvalue weighted by Gasteiger charge is -2.12. The van der Waals surface area contributed by atoms with Crippen LogP contribution in [0, 0.1) is 0 Å². The fraction of sp³-hybridized carbons (Fsp3) is 0.259. The number of carbonyl (C=O) groups excluding carboxylic acids is 2. The Bertz CT molecular complexity index is 993. The van der Waals surface area contributed by atoms with E-state index in [1.165, 1.54) is 7.11 Å². The van der Waals surface area contributed by atoms with Gasteiger partial charge in [0.2, 0.25) is 0 Å². The molecule has 0 fully saturated rings. The Morgan fingerprint density at radius 1 is 0.912 bits per heavy atom. The average molecular weight is 486 g/mol. The molecule has 0 saturated heterocycles. The molecule has 0 aliphatic rings. The fourth-order valence-corrected chi connectivity index (χ4v) is 2.76. The Balaban J connectivity index is 0.000000320. The van der Waals surface area contributed by atoms with Gasteiger partial charge in [-0.3, -0.25) is 9.59 Å². The van der Waals surface area contributed by atoms with E-state index in [0.29, 0.717) is 35.1 Å². The minimum Gasteiger partial charge on any atom is -0.469 e. The van der Waals surface area contributed by atoms with Crippen LogP contribution in [-0.2, 0) is 14.3 Å². The quantitative estimate of drug-likeness (QED) is 0.364. The standard InChI is InChI=1S/C13H10ClNO2.C12H16O3.C2H6/c14-9-5-7-10(8-6-9)17-12-4-2-1-3-11(12)13(15)16;1-10(11-6-4-3-5-7-11)15-9-8-12(13)14-2;1-2/h1-8H,(H2,15,16);3-7,10H,8-9H2,1-2H3;1-2H3. The van der Waals surface area contributed by atoms with Gasteiger partial charge in [-0.2, -0.15) is 0 Å². The summed E-state index contributed by atoms with van der Waals surface area (Å²) >= 11 is 5.77. The number of nitrogens with two attached hydrogens (primary N) is 1. The molecule has 0 spiro atoms. The first-order chi connectivity index (χ1) is 16.4. The summed E-state index contributed by atoms with van der Waals surface area (Å²) in [6.07, 6.45) is 0.309. The second-order valence-electron chi connectivity index (χ2n) is 6.67. The number of methoxy groups -OCH3 is 1. The molecule has 1 atom stereocenters. The van der Waals surface area contributed by atoms with Crippen LogP contribution in [0.5, 0.6) is 11.5 Å². The van der Waals surface area contributed by atoms with Crippen LogP contribution >= 0.6 is 11.6 Å². The predicted molar refractivity (Wildman–Crippen MR) is 135 cm³/mol. The maximum absolute atomic E-state index is 11.2. The van der Waals surface area contributed by atoms with E-state index >= 15 is 0 Å². The lowest BCUT2D eigenvalue weighted by atomic mass is 10.1. The highest BCUT2D eigenvalue weighted by atomic mass is 35.5. The molecule has 0 aliphatic heterocycles. The smallest absolute Gasteiger partial charge is 0.307 e. The maximum atomic E-state index is 11.2. The zero-order valence-corrected chi connectivity index (χ0v) is 20.7. The number of amides is 1. The number of ether oxygens (including phenoxy) is 3. The third-order valence-corrected chi connectivity index (χ3v) is 4.62. The van der Waals surface area contributed by atoms with Crippen LogP contribution in [0.15, 0.2) is 78.9 Å². The number of rotatable bonds is 8. The van der Waals surface area contributed by atoms with Crippen molar-refractivity contribution in [2.75, 3.05) is 13.7 Å². The first kappa shape index (κ1) is 28.7. The van der Waals surface area contributed by atoms with Gasteiger partial charge >= 0.3 is 5.97 Å². The SMILES string of the molecule is CC.COC(=O)CCOC(C)c1ccccc1.NC(=O)c1ccccc1Oc1ccc(Cl)cc1. The van der Waals surface area contributed by atoms with Crippen molar-refractivity contribution in [2.45, 2.75) is 33.3 Å². The summed E-state index contributed by atoms with van der Waals surface area (Å²) in [7, 11) is 1.38. The van der Waals surface area contributed by atoms with Gasteiger partial charge in [-0.25, -0.2) is 0 Å². The number of hydrogen-bond acceptors (Lipinski definition) is 5. The highest BCUT2D eigenvalue weighted by molar-refractivity contribution is 6.30. The van der Waals surface area contributed by atoms with E-state index in [0.717, 1.165) is 5.56 Å². The Morgan fingerprint density at radius 3 is 2.09 bits per heavy atom. The van der Waals surface area contributed by atoms with Crippen molar-refractivity contribution in [2.24, 2.45) is 5.73 Å². The Labute approximate surface area is 206 Å². The normalized spacial score (nSPS) is 10.5. The third kappa shape index (κ3) is 10.5. The molecule has 0 bridgehead atoms. The molecule has 182 valence electrons. The number of carbonyl (C=O) groups is 2. The summed E-state index contributed by atoms with van der Waals surface area (Å²) in [5, 5.41) is 0.625. The van der Waals surface area contributed by atoms with Crippen molar-refractivity contribution in [3.05, 3.63) is 95.0 Å². The van der Waals surface area contributed by atoms with Gasteiger partial charge in [-0.05, 0) is 48.9 Å². The second kappa shape index (κ2) is 16.3. The summed E-state index contributed by atoms with van der Waals surface area (Å²) in [4.78, 5) is 22.0. The van der Waals surface area contributed by atoms with Crippen molar-refractivity contribution in [1.82, 2.24) is 0 Å². The average Bonchev–Trinajstić information content (AvgIpc) is 2.87. The van der Waals surface area contributed by atoms with E-state index in [9.17, 15) is 9.59 Å². The molecule has 0 radical (unpaired) electrons. The van der Waals surface area contributed by atoms with Gasteiger partial charge in [0.05, 0.1) is 31.8 Å². The molecule has 1 unspecified atom stereocenters. The molecule has 1 amide bonds. The van der Waals surface area contributed by atoms with Gasteiger partial charge in [0.15, 0.2) is 0 Å². The van der Waals surface area contributed by atoms with Gasteiger partial charge in [-0.15, -0.1) is 0 Å². The molecule has 2 N–H and O–H groups in total. The molecule has 7 heteroatoms. The number of halogens is 1. The number of hydrogen-bond donors (Lipinski definition) is 1.